The van der Waals surface area contributed by atoms with E-state index in [-0.39, 0.29) is 6.04 Å². The zero-order valence-electron chi connectivity index (χ0n) is 11.2. The van der Waals surface area contributed by atoms with Crippen LogP contribution in [0.1, 0.15) is 43.3 Å². The lowest BCUT2D eigenvalue weighted by Gasteiger charge is -2.18. The largest absolute Gasteiger partial charge is 0.424 e. The van der Waals surface area contributed by atoms with Gasteiger partial charge in [0, 0.05) is 13.0 Å². The maximum atomic E-state index is 13.2. The highest BCUT2D eigenvalue weighted by molar-refractivity contribution is 5.22. The fourth-order valence-electron chi connectivity index (χ4n) is 1.85. The highest BCUT2D eigenvalue weighted by Gasteiger charge is 2.18. The van der Waals surface area contributed by atoms with E-state index in [1.807, 2.05) is 0 Å². The molecule has 0 amide bonds. The minimum atomic E-state index is -1.47. The lowest BCUT2D eigenvalue weighted by molar-refractivity contribution is 0.377. The second-order valence-electron chi connectivity index (χ2n) is 4.57. The summed E-state index contributed by atoms with van der Waals surface area (Å²) in [6, 6.07) is 1.20. The molecule has 0 aliphatic rings. The number of nitrogens with zero attached hydrogens (tertiary/aromatic N) is 2. The van der Waals surface area contributed by atoms with Crippen molar-refractivity contribution in [2.75, 3.05) is 0 Å². The van der Waals surface area contributed by atoms with Gasteiger partial charge in [-0.15, -0.1) is 10.2 Å². The van der Waals surface area contributed by atoms with Crippen molar-refractivity contribution in [1.82, 2.24) is 15.5 Å². The lowest BCUT2D eigenvalue weighted by atomic mass is 10.1. The second kappa shape index (κ2) is 5.62. The molecule has 1 heterocycles. The smallest absolute Gasteiger partial charge is 0.233 e. The Hall–Kier alpha value is -1.89. The van der Waals surface area contributed by atoms with Gasteiger partial charge >= 0.3 is 0 Å². The third-order valence-corrected chi connectivity index (χ3v) is 2.92. The van der Waals surface area contributed by atoms with E-state index in [0.29, 0.717) is 17.3 Å². The van der Waals surface area contributed by atoms with Crippen LogP contribution in [0.15, 0.2) is 16.5 Å². The molecule has 108 valence electrons. The first-order chi connectivity index (χ1) is 9.38. The van der Waals surface area contributed by atoms with Gasteiger partial charge in [0.25, 0.3) is 0 Å². The molecule has 0 aliphatic heterocycles. The second-order valence-corrected chi connectivity index (χ2v) is 4.57. The van der Waals surface area contributed by atoms with Gasteiger partial charge in [-0.05, 0) is 31.5 Å². The zero-order valence-corrected chi connectivity index (χ0v) is 11.2. The standard InChI is InChI=1S/C13H14F3N3O/c1-6(9-4-10(14)12(16)11(15)5-9)17-7(2)13-19-18-8(3)20-13/h4-7,17H,1-3H3/t6-,7+/m0/s1. The quantitative estimate of drug-likeness (QED) is 0.876. The molecule has 4 nitrogen and oxygen atoms in total. The molecule has 0 saturated carbocycles. The molecule has 2 aromatic rings. The molecular formula is C13H14F3N3O. The Kier molecular flexibility index (Phi) is 4.08. The molecule has 7 heteroatoms. The summed E-state index contributed by atoms with van der Waals surface area (Å²) in [5, 5.41) is 10.6. The number of benzene rings is 1. The number of rotatable bonds is 4. The number of nitrogens with one attached hydrogen (secondary N) is 1. The van der Waals surface area contributed by atoms with E-state index in [4.69, 9.17) is 4.42 Å². The molecular weight excluding hydrogens is 271 g/mol. The number of hydrogen-bond acceptors (Lipinski definition) is 4. The van der Waals surface area contributed by atoms with E-state index in [9.17, 15) is 13.2 Å². The van der Waals surface area contributed by atoms with E-state index in [2.05, 4.69) is 15.5 Å². The Labute approximate surface area is 114 Å². The third-order valence-electron chi connectivity index (χ3n) is 2.92. The Morgan fingerprint density at radius 3 is 2.15 bits per heavy atom. The highest BCUT2D eigenvalue weighted by atomic mass is 19.2. The summed E-state index contributed by atoms with van der Waals surface area (Å²) in [5.74, 6) is -3.09. The van der Waals surface area contributed by atoms with Crippen molar-refractivity contribution in [3.8, 4) is 0 Å². The maximum Gasteiger partial charge on any atom is 0.233 e. The summed E-state index contributed by atoms with van der Waals surface area (Å²) in [6.07, 6.45) is 0. The van der Waals surface area contributed by atoms with Gasteiger partial charge in [0.2, 0.25) is 11.8 Å². The van der Waals surface area contributed by atoms with Crippen molar-refractivity contribution in [3.05, 3.63) is 46.9 Å². The van der Waals surface area contributed by atoms with E-state index < -0.39 is 23.5 Å². The molecule has 0 bridgehead atoms. The molecule has 1 aromatic heterocycles. The molecule has 20 heavy (non-hydrogen) atoms. The molecule has 2 atom stereocenters. The van der Waals surface area contributed by atoms with Crippen molar-refractivity contribution in [2.24, 2.45) is 0 Å². The van der Waals surface area contributed by atoms with Gasteiger partial charge in [-0.2, -0.15) is 0 Å². The molecule has 0 saturated heterocycles. The van der Waals surface area contributed by atoms with Crippen LogP contribution in [-0.2, 0) is 0 Å². The monoisotopic (exact) mass is 285 g/mol. The molecule has 2 rings (SSSR count). The summed E-state index contributed by atoms with van der Waals surface area (Å²) >= 11 is 0. The number of aryl methyl sites for hydroxylation is 1. The average molecular weight is 285 g/mol. The van der Waals surface area contributed by atoms with Crippen molar-refractivity contribution in [3.63, 3.8) is 0 Å². The van der Waals surface area contributed by atoms with Gasteiger partial charge < -0.3 is 4.42 Å². The third kappa shape index (κ3) is 2.98. The van der Waals surface area contributed by atoms with E-state index in [0.717, 1.165) is 12.1 Å². The van der Waals surface area contributed by atoms with E-state index in [1.165, 1.54) is 0 Å². The Bertz CT molecular complexity index is 592. The zero-order chi connectivity index (χ0) is 14.9. The summed E-state index contributed by atoms with van der Waals surface area (Å²) in [7, 11) is 0. The van der Waals surface area contributed by atoms with Crippen LogP contribution < -0.4 is 5.32 Å². The van der Waals surface area contributed by atoms with Crippen molar-refractivity contribution >= 4 is 0 Å². The van der Waals surface area contributed by atoms with Gasteiger partial charge in [0.05, 0.1) is 6.04 Å². The van der Waals surface area contributed by atoms with Crippen LogP contribution in [0.4, 0.5) is 13.2 Å². The van der Waals surface area contributed by atoms with Crippen LogP contribution in [0.5, 0.6) is 0 Å². The Balaban J connectivity index is 2.14. The molecule has 0 fully saturated rings. The topological polar surface area (TPSA) is 51.0 Å². The predicted molar refractivity (Wildman–Crippen MR) is 65.3 cm³/mol. The minimum absolute atomic E-state index is 0.296. The molecule has 1 N–H and O–H groups in total. The average Bonchev–Trinajstić information content (AvgIpc) is 2.82. The summed E-state index contributed by atoms with van der Waals surface area (Å²) < 4.78 is 44.5. The molecule has 0 spiro atoms. The van der Waals surface area contributed by atoms with Crippen molar-refractivity contribution < 1.29 is 17.6 Å². The van der Waals surface area contributed by atoms with Crippen molar-refractivity contribution in [2.45, 2.75) is 32.9 Å². The normalized spacial score (nSPS) is 14.3. The fraction of sp³-hybridized carbons (Fsp3) is 0.385. The Morgan fingerprint density at radius 1 is 1.05 bits per heavy atom. The summed E-state index contributed by atoms with van der Waals surface area (Å²) in [4.78, 5) is 0. The van der Waals surface area contributed by atoms with Gasteiger partial charge in [0.15, 0.2) is 17.5 Å². The SMILES string of the molecule is Cc1nnc([C@@H](C)N[C@@H](C)c2cc(F)c(F)c(F)c2)o1. The highest BCUT2D eigenvalue weighted by Crippen LogP contribution is 2.22. The van der Waals surface area contributed by atoms with Crippen LogP contribution >= 0.6 is 0 Å². The lowest BCUT2D eigenvalue weighted by Crippen LogP contribution is -2.23. The molecule has 0 radical (unpaired) electrons. The van der Waals surface area contributed by atoms with Gasteiger partial charge in [-0.25, -0.2) is 13.2 Å². The predicted octanol–water partition coefficient (Wildman–Crippen LogP) is 3.21. The maximum absolute atomic E-state index is 13.2. The van der Waals surface area contributed by atoms with Crippen LogP contribution in [0.3, 0.4) is 0 Å². The van der Waals surface area contributed by atoms with Gasteiger partial charge in [-0.3, -0.25) is 5.32 Å². The molecule has 0 unspecified atom stereocenters. The first-order valence-corrected chi connectivity index (χ1v) is 6.09. The van der Waals surface area contributed by atoms with E-state index in [1.54, 1.807) is 20.8 Å². The number of aromatic nitrogens is 2. The van der Waals surface area contributed by atoms with Crippen LogP contribution in [0, 0.1) is 24.4 Å². The minimum Gasteiger partial charge on any atom is -0.424 e. The Morgan fingerprint density at radius 2 is 1.65 bits per heavy atom. The number of halogens is 3. The molecule has 0 aliphatic carbocycles. The summed E-state index contributed by atoms with van der Waals surface area (Å²) in [6.45, 7) is 5.14. The summed E-state index contributed by atoms with van der Waals surface area (Å²) in [5.41, 5.74) is 0.296. The van der Waals surface area contributed by atoms with Crippen LogP contribution in [0.25, 0.3) is 0 Å². The first-order valence-electron chi connectivity index (χ1n) is 6.09. The first kappa shape index (κ1) is 14.5. The fourth-order valence-corrected chi connectivity index (χ4v) is 1.85. The number of hydrogen-bond donors (Lipinski definition) is 1. The van der Waals surface area contributed by atoms with E-state index >= 15 is 0 Å². The van der Waals surface area contributed by atoms with Crippen LogP contribution in [0.2, 0.25) is 0 Å². The van der Waals surface area contributed by atoms with Gasteiger partial charge in [0.1, 0.15) is 0 Å². The van der Waals surface area contributed by atoms with Crippen LogP contribution in [-0.4, -0.2) is 10.2 Å². The van der Waals surface area contributed by atoms with Gasteiger partial charge in [-0.1, -0.05) is 0 Å². The van der Waals surface area contributed by atoms with Crippen molar-refractivity contribution in [1.29, 1.82) is 0 Å². The molecule has 1 aromatic carbocycles.